The Hall–Kier alpha value is -3.29. The molecule has 0 unspecified atom stereocenters. The summed E-state index contributed by atoms with van der Waals surface area (Å²) in [4.78, 5) is 12.5. The van der Waals surface area contributed by atoms with Gasteiger partial charge in [-0.15, -0.1) is 10.2 Å². The predicted molar refractivity (Wildman–Crippen MR) is 134 cm³/mol. The minimum atomic E-state index is -0.138. The van der Waals surface area contributed by atoms with Crippen LogP contribution >= 0.6 is 23.4 Å². The van der Waals surface area contributed by atoms with Crippen molar-refractivity contribution in [3.8, 4) is 22.8 Å². The number of nitrogens with zero attached hydrogens (tertiary/aromatic N) is 3. The average Bonchev–Trinajstić information content (AvgIpc) is 3.24. The van der Waals surface area contributed by atoms with Gasteiger partial charge in [-0.1, -0.05) is 53.2 Å². The van der Waals surface area contributed by atoms with E-state index >= 15 is 0 Å². The second-order valence-electron chi connectivity index (χ2n) is 7.28. The SMILES string of the molecule is CCOc1ccc(-n2c(SCC(=O)Nc3ccc(Cl)cc3)nnc2-c2ccc(C)cc2)cc1. The Labute approximate surface area is 202 Å². The summed E-state index contributed by atoms with van der Waals surface area (Å²) < 4.78 is 7.53. The summed E-state index contributed by atoms with van der Waals surface area (Å²) in [7, 11) is 0. The van der Waals surface area contributed by atoms with Crippen molar-refractivity contribution in [2.75, 3.05) is 17.7 Å². The van der Waals surface area contributed by atoms with E-state index in [0.717, 1.165) is 17.0 Å². The van der Waals surface area contributed by atoms with Crippen molar-refractivity contribution >= 4 is 35.0 Å². The number of ether oxygens (including phenoxy) is 1. The van der Waals surface area contributed by atoms with Crippen LogP contribution in [0.5, 0.6) is 5.75 Å². The van der Waals surface area contributed by atoms with Gasteiger partial charge in [0.05, 0.1) is 12.4 Å². The lowest BCUT2D eigenvalue weighted by molar-refractivity contribution is -0.113. The Morgan fingerprint density at radius 1 is 1.00 bits per heavy atom. The highest BCUT2D eigenvalue weighted by Gasteiger charge is 2.17. The molecule has 1 N–H and O–H groups in total. The first-order valence-electron chi connectivity index (χ1n) is 10.5. The lowest BCUT2D eigenvalue weighted by Crippen LogP contribution is -2.14. The van der Waals surface area contributed by atoms with Gasteiger partial charge in [0.15, 0.2) is 11.0 Å². The Morgan fingerprint density at radius 3 is 2.36 bits per heavy atom. The Kier molecular flexibility index (Phi) is 7.32. The first-order chi connectivity index (χ1) is 16.0. The van der Waals surface area contributed by atoms with E-state index in [-0.39, 0.29) is 11.7 Å². The second kappa shape index (κ2) is 10.6. The summed E-state index contributed by atoms with van der Waals surface area (Å²) in [5.41, 5.74) is 3.69. The minimum absolute atomic E-state index is 0.138. The number of carbonyl (C=O) groups is 1. The molecule has 4 rings (SSSR count). The molecular formula is C25H23ClN4O2S. The topological polar surface area (TPSA) is 69.0 Å². The summed E-state index contributed by atoms with van der Waals surface area (Å²) in [5.74, 6) is 1.55. The number of amides is 1. The van der Waals surface area contributed by atoms with Crippen LogP contribution in [0.2, 0.25) is 5.02 Å². The molecule has 0 spiro atoms. The highest BCUT2D eigenvalue weighted by atomic mass is 35.5. The highest BCUT2D eigenvalue weighted by molar-refractivity contribution is 7.99. The number of anilines is 1. The Bertz CT molecular complexity index is 1220. The Balaban J connectivity index is 1.59. The number of nitrogens with one attached hydrogen (secondary N) is 1. The first kappa shape index (κ1) is 22.9. The van der Waals surface area contributed by atoms with Gasteiger partial charge >= 0.3 is 0 Å². The van der Waals surface area contributed by atoms with Crippen LogP contribution in [-0.2, 0) is 4.79 Å². The summed E-state index contributed by atoms with van der Waals surface area (Å²) in [5, 5.41) is 12.9. The maximum Gasteiger partial charge on any atom is 0.234 e. The predicted octanol–water partition coefficient (Wildman–Crippen LogP) is 6.03. The summed E-state index contributed by atoms with van der Waals surface area (Å²) in [6, 6.07) is 22.9. The molecule has 0 aliphatic rings. The van der Waals surface area contributed by atoms with Crippen molar-refractivity contribution < 1.29 is 9.53 Å². The molecule has 0 atom stereocenters. The molecule has 0 aliphatic carbocycles. The van der Waals surface area contributed by atoms with Gasteiger partial charge in [0, 0.05) is 22.0 Å². The van der Waals surface area contributed by atoms with Crippen molar-refractivity contribution in [1.29, 1.82) is 0 Å². The zero-order chi connectivity index (χ0) is 23.2. The fourth-order valence-electron chi connectivity index (χ4n) is 3.20. The van der Waals surface area contributed by atoms with Gasteiger partial charge in [0.2, 0.25) is 5.91 Å². The van der Waals surface area contributed by atoms with Crippen LogP contribution in [0, 0.1) is 6.92 Å². The molecule has 1 aromatic heterocycles. The molecule has 1 heterocycles. The highest BCUT2D eigenvalue weighted by Crippen LogP contribution is 2.29. The first-order valence-corrected chi connectivity index (χ1v) is 11.8. The third-order valence-corrected chi connectivity index (χ3v) is 5.99. The van der Waals surface area contributed by atoms with Gasteiger partial charge in [0.1, 0.15) is 5.75 Å². The number of aryl methyl sites for hydroxylation is 1. The summed E-state index contributed by atoms with van der Waals surface area (Å²) >= 11 is 7.24. The third kappa shape index (κ3) is 5.74. The summed E-state index contributed by atoms with van der Waals surface area (Å²) in [6.45, 7) is 4.60. The van der Waals surface area contributed by atoms with Crippen LogP contribution in [0.15, 0.2) is 78.0 Å². The van der Waals surface area contributed by atoms with Crippen LogP contribution in [0.1, 0.15) is 12.5 Å². The smallest absolute Gasteiger partial charge is 0.234 e. The van der Waals surface area contributed by atoms with E-state index in [2.05, 4.69) is 15.5 Å². The van der Waals surface area contributed by atoms with Crippen LogP contribution in [0.3, 0.4) is 0 Å². The van der Waals surface area contributed by atoms with Gasteiger partial charge in [-0.2, -0.15) is 0 Å². The zero-order valence-corrected chi connectivity index (χ0v) is 19.9. The fraction of sp³-hybridized carbons (Fsp3) is 0.160. The monoisotopic (exact) mass is 478 g/mol. The van der Waals surface area contributed by atoms with Crippen LogP contribution < -0.4 is 10.1 Å². The minimum Gasteiger partial charge on any atom is -0.494 e. The third-order valence-electron chi connectivity index (χ3n) is 4.81. The number of thioether (sulfide) groups is 1. The van der Waals surface area contributed by atoms with Crippen LogP contribution in [0.25, 0.3) is 17.1 Å². The molecule has 0 bridgehead atoms. The molecule has 33 heavy (non-hydrogen) atoms. The number of benzene rings is 3. The van der Waals surface area contributed by atoms with Crippen molar-refractivity contribution in [3.63, 3.8) is 0 Å². The van der Waals surface area contributed by atoms with E-state index < -0.39 is 0 Å². The second-order valence-corrected chi connectivity index (χ2v) is 8.66. The van der Waals surface area contributed by atoms with Gasteiger partial charge in [-0.25, -0.2) is 0 Å². The van der Waals surface area contributed by atoms with Crippen molar-refractivity contribution in [2.45, 2.75) is 19.0 Å². The number of carbonyl (C=O) groups excluding carboxylic acids is 1. The number of hydrogen-bond donors (Lipinski definition) is 1. The van der Waals surface area contributed by atoms with Crippen molar-refractivity contribution in [2.24, 2.45) is 0 Å². The maximum atomic E-state index is 12.5. The van der Waals surface area contributed by atoms with E-state index in [1.54, 1.807) is 24.3 Å². The van der Waals surface area contributed by atoms with Crippen molar-refractivity contribution in [3.05, 3.63) is 83.4 Å². The van der Waals surface area contributed by atoms with Crippen LogP contribution in [-0.4, -0.2) is 33.0 Å². The number of halogens is 1. The molecular weight excluding hydrogens is 456 g/mol. The zero-order valence-electron chi connectivity index (χ0n) is 18.3. The lowest BCUT2D eigenvalue weighted by atomic mass is 10.1. The molecule has 0 radical (unpaired) electrons. The van der Waals surface area contributed by atoms with E-state index in [0.29, 0.717) is 28.3 Å². The van der Waals surface area contributed by atoms with Gasteiger partial charge in [-0.05, 0) is 62.4 Å². The molecule has 0 fully saturated rings. The lowest BCUT2D eigenvalue weighted by Gasteiger charge is -2.12. The van der Waals surface area contributed by atoms with E-state index in [1.165, 1.54) is 17.3 Å². The molecule has 0 aliphatic heterocycles. The van der Waals surface area contributed by atoms with Gasteiger partial charge in [0.25, 0.3) is 0 Å². The molecule has 6 nitrogen and oxygen atoms in total. The van der Waals surface area contributed by atoms with E-state index in [1.807, 2.05) is 66.9 Å². The molecule has 0 saturated heterocycles. The quantitative estimate of drug-likeness (QED) is 0.313. The van der Waals surface area contributed by atoms with Gasteiger partial charge < -0.3 is 10.1 Å². The van der Waals surface area contributed by atoms with E-state index in [4.69, 9.17) is 16.3 Å². The number of rotatable bonds is 8. The molecule has 1 amide bonds. The Morgan fingerprint density at radius 2 is 1.70 bits per heavy atom. The van der Waals surface area contributed by atoms with Gasteiger partial charge in [-0.3, -0.25) is 9.36 Å². The van der Waals surface area contributed by atoms with Crippen LogP contribution in [0.4, 0.5) is 5.69 Å². The van der Waals surface area contributed by atoms with E-state index in [9.17, 15) is 4.79 Å². The summed E-state index contributed by atoms with van der Waals surface area (Å²) in [6.07, 6.45) is 0. The molecule has 3 aromatic carbocycles. The van der Waals surface area contributed by atoms with Crippen molar-refractivity contribution in [1.82, 2.24) is 14.8 Å². The molecule has 0 saturated carbocycles. The standard InChI is InChI=1S/C25H23ClN4O2S/c1-3-32-22-14-12-21(13-15-22)30-24(18-6-4-17(2)5-7-18)28-29-25(30)33-16-23(31)27-20-10-8-19(26)9-11-20/h4-15H,3,16H2,1-2H3,(H,27,31). The molecule has 4 aromatic rings. The maximum absolute atomic E-state index is 12.5. The molecule has 8 heteroatoms. The largest absolute Gasteiger partial charge is 0.494 e. The number of hydrogen-bond acceptors (Lipinski definition) is 5. The normalized spacial score (nSPS) is 10.8. The molecule has 168 valence electrons. The average molecular weight is 479 g/mol. The number of aromatic nitrogens is 3. The fourth-order valence-corrected chi connectivity index (χ4v) is 4.08.